The van der Waals surface area contributed by atoms with Crippen molar-refractivity contribution in [3.8, 4) is 0 Å². The largest absolute Gasteiger partial charge is 0.481 e. The van der Waals surface area contributed by atoms with Gasteiger partial charge in [0.05, 0.1) is 23.7 Å². The smallest absolute Gasteiger partial charge is 0.306 e. The van der Waals surface area contributed by atoms with Crippen molar-refractivity contribution in [3.63, 3.8) is 0 Å². The number of aliphatic hydroxyl groups is 1. The van der Waals surface area contributed by atoms with Gasteiger partial charge < -0.3 is 14.9 Å². The normalized spacial score (nSPS) is 47.3. The van der Waals surface area contributed by atoms with Crippen molar-refractivity contribution in [2.75, 3.05) is 0 Å². The standard InChI is InChI=1S/C20H32O4/c1-13-11-14(21)16-17(2,3)7-6-8-19(16,5)20(13)10-9-18(4,24-20)12-15(22)23/h11,14,16,21H,6-10,12H2,1-5H3,(H,22,23). The number of fused-ring (bicyclic) bond motifs is 2. The number of rotatable bonds is 2. The Hall–Kier alpha value is -0.870. The maximum absolute atomic E-state index is 11.3. The highest BCUT2D eigenvalue weighted by Crippen LogP contribution is 2.66. The van der Waals surface area contributed by atoms with Crippen LogP contribution in [0.5, 0.6) is 0 Å². The first kappa shape index (κ1) is 17.9. The third-order valence-corrected chi connectivity index (χ3v) is 7.32. The fourth-order valence-corrected chi connectivity index (χ4v) is 6.40. The van der Waals surface area contributed by atoms with Crippen LogP contribution >= 0.6 is 0 Å². The molecule has 1 heterocycles. The molecule has 0 amide bonds. The number of carbonyl (C=O) groups is 1. The summed E-state index contributed by atoms with van der Waals surface area (Å²) in [6.45, 7) is 10.8. The Labute approximate surface area is 145 Å². The van der Waals surface area contributed by atoms with Crippen LogP contribution in [0.15, 0.2) is 11.6 Å². The minimum Gasteiger partial charge on any atom is -0.481 e. The van der Waals surface area contributed by atoms with Gasteiger partial charge in [-0.05, 0) is 50.5 Å². The highest BCUT2D eigenvalue weighted by molar-refractivity contribution is 5.68. The molecule has 136 valence electrons. The van der Waals surface area contributed by atoms with Crippen LogP contribution in [-0.2, 0) is 9.53 Å². The Morgan fingerprint density at radius 1 is 1.21 bits per heavy atom. The number of carboxylic acid groups (broad SMARTS) is 1. The molecule has 0 aromatic heterocycles. The summed E-state index contributed by atoms with van der Waals surface area (Å²) < 4.78 is 6.65. The maximum atomic E-state index is 11.3. The lowest BCUT2D eigenvalue weighted by Gasteiger charge is -2.62. The SMILES string of the molecule is CC1=CC(O)C2C(C)(C)CCCC2(C)C12CCC(C)(CC(=O)O)O2. The fraction of sp³-hybridized carbons (Fsp3) is 0.850. The summed E-state index contributed by atoms with van der Waals surface area (Å²) >= 11 is 0. The Kier molecular flexibility index (Phi) is 3.97. The van der Waals surface area contributed by atoms with Gasteiger partial charge in [0.25, 0.3) is 0 Å². The van der Waals surface area contributed by atoms with E-state index in [0.29, 0.717) is 0 Å². The zero-order chi connectivity index (χ0) is 18.0. The molecule has 4 heteroatoms. The topological polar surface area (TPSA) is 66.8 Å². The van der Waals surface area contributed by atoms with Crippen LogP contribution in [0.25, 0.3) is 0 Å². The second-order valence-corrected chi connectivity index (χ2v) is 9.53. The minimum atomic E-state index is -0.808. The minimum absolute atomic E-state index is 0.0364. The van der Waals surface area contributed by atoms with Gasteiger partial charge in [0.1, 0.15) is 0 Å². The molecular weight excluding hydrogens is 304 g/mol. The predicted molar refractivity (Wildman–Crippen MR) is 92.7 cm³/mol. The molecule has 1 spiro atoms. The molecule has 2 fully saturated rings. The van der Waals surface area contributed by atoms with E-state index in [1.165, 1.54) is 0 Å². The molecule has 2 N–H and O–H groups in total. The van der Waals surface area contributed by atoms with Crippen LogP contribution in [0.2, 0.25) is 0 Å². The molecule has 0 aromatic carbocycles. The Morgan fingerprint density at radius 2 is 1.88 bits per heavy atom. The van der Waals surface area contributed by atoms with E-state index < -0.39 is 23.3 Å². The van der Waals surface area contributed by atoms with Gasteiger partial charge in [0.2, 0.25) is 0 Å². The van der Waals surface area contributed by atoms with Crippen LogP contribution in [0, 0.1) is 16.7 Å². The molecular formula is C20H32O4. The van der Waals surface area contributed by atoms with E-state index in [4.69, 9.17) is 4.74 Å². The van der Waals surface area contributed by atoms with E-state index >= 15 is 0 Å². The number of aliphatic hydroxyl groups excluding tert-OH is 1. The summed E-state index contributed by atoms with van der Waals surface area (Å²) in [4.78, 5) is 11.3. The highest BCUT2D eigenvalue weighted by Gasteiger charge is 2.66. The first-order valence-corrected chi connectivity index (χ1v) is 9.25. The van der Waals surface area contributed by atoms with Gasteiger partial charge in [0.15, 0.2) is 0 Å². The van der Waals surface area contributed by atoms with E-state index in [9.17, 15) is 15.0 Å². The van der Waals surface area contributed by atoms with Crippen molar-refractivity contribution in [3.05, 3.63) is 11.6 Å². The van der Waals surface area contributed by atoms with Crippen LogP contribution in [0.1, 0.15) is 73.1 Å². The summed E-state index contributed by atoms with van der Waals surface area (Å²) in [6, 6.07) is 0. The van der Waals surface area contributed by atoms with Gasteiger partial charge in [-0.2, -0.15) is 0 Å². The second-order valence-electron chi connectivity index (χ2n) is 9.53. The summed E-state index contributed by atoms with van der Waals surface area (Å²) in [6.07, 6.45) is 6.41. The van der Waals surface area contributed by atoms with Gasteiger partial charge in [-0.15, -0.1) is 0 Å². The number of carboxylic acids is 1. The number of hydrogen-bond acceptors (Lipinski definition) is 3. The van der Waals surface area contributed by atoms with Gasteiger partial charge in [-0.25, -0.2) is 0 Å². The molecule has 1 saturated carbocycles. The van der Waals surface area contributed by atoms with Crippen molar-refractivity contribution in [1.29, 1.82) is 0 Å². The predicted octanol–water partition coefficient (Wildman–Crippen LogP) is 3.92. The average molecular weight is 336 g/mol. The molecule has 0 aromatic rings. The van der Waals surface area contributed by atoms with Gasteiger partial charge in [-0.1, -0.05) is 33.3 Å². The molecule has 24 heavy (non-hydrogen) atoms. The third kappa shape index (κ3) is 2.37. The molecule has 0 bridgehead atoms. The van der Waals surface area contributed by atoms with E-state index in [-0.39, 0.29) is 23.2 Å². The van der Waals surface area contributed by atoms with Crippen molar-refractivity contribution >= 4 is 5.97 Å². The van der Waals surface area contributed by atoms with E-state index in [1.54, 1.807) is 0 Å². The van der Waals surface area contributed by atoms with Crippen molar-refractivity contribution in [1.82, 2.24) is 0 Å². The lowest BCUT2D eigenvalue weighted by Crippen LogP contribution is -2.63. The number of aliphatic carboxylic acids is 1. The molecule has 1 aliphatic heterocycles. The van der Waals surface area contributed by atoms with E-state index in [0.717, 1.165) is 37.7 Å². The molecule has 5 unspecified atom stereocenters. The van der Waals surface area contributed by atoms with Gasteiger partial charge in [-0.3, -0.25) is 4.79 Å². The summed E-state index contributed by atoms with van der Waals surface area (Å²) in [5, 5.41) is 20.1. The highest BCUT2D eigenvalue weighted by atomic mass is 16.5. The summed E-state index contributed by atoms with van der Waals surface area (Å²) in [5.41, 5.74) is -0.104. The van der Waals surface area contributed by atoms with Gasteiger partial charge >= 0.3 is 5.97 Å². The maximum Gasteiger partial charge on any atom is 0.306 e. The lowest BCUT2D eigenvalue weighted by atomic mass is 9.46. The molecule has 0 radical (unpaired) electrons. The second kappa shape index (κ2) is 5.31. The van der Waals surface area contributed by atoms with Crippen molar-refractivity contribution in [2.45, 2.75) is 90.4 Å². The fourth-order valence-electron chi connectivity index (χ4n) is 6.40. The van der Waals surface area contributed by atoms with E-state index in [1.807, 2.05) is 13.0 Å². The van der Waals surface area contributed by atoms with Crippen LogP contribution in [0.4, 0.5) is 0 Å². The molecule has 4 nitrogen and oxygen atoms in total. The van der Waals surface area contributed by atoms with Gasteiger partial charge in [0, 0.05) is 11.3 Å². The average Bonchev–Trinajstić information content (AvgIpc) is 2.74. The third-order valence-electron chi connectivity index (χ3n) is 7.32. The summed E-state index contributed by atoms with van der Waals surface area (Å²) in [7, 11) is 0. The summed E-state index contributed by atoms with van der Waals surface area (Å²) in [5.74, 6) is -0.674. The Bertz CT molecular complexity index is 580. The quantitative estimate of drug-likeness (QED) is 0.750. The van der Waals surface area contributed by atoms with Crippen LogP contribution in [0.3, 0.4) is 0 Å². The molecule has 1 saturated heterocycles. The molecule has 5 atom stereocenters. The number of ether oxygens (including phenoxy) is 1. The first-order valence-electron chi connectivity index (χ1n) is 9.25. The number of hydrogen-bond donors (Lipinski definition) is 2. The zero-order valence-electron chi connectivity index (χ0n) is 15.7. The van der Waals surface area contributed by atoms with E-state index in [2.05, 4.69) is 27.7 Å². The lowest BCUT2D eigenvalue weighted by molar-refractivity contribution is -0.209. The zero-order valence-corrected chi connectivity index (χ0v) is 15.7. The van der Waals surface area contributed by atoms with Crippen molar-refractivity contribution in [2.24, 2.45) is 16.7 Å². The molecule has 3 rings (SSSR count). The molecule has 2 aliphatic carbocycles. The van der Waals surface area contributed by atoms with Crippen LogP contribution in [-0.4, -0.2) is 33.5 Å². The first-order chi connectivity index (χ1) is 11.0. The Morgan fingerprint density at radius 3 is 2.50 bits per heavy atom. The monoisotopic (exact) mass is 336 g/mol. The van der Waals surface area contributed by atoms with Crippen LogP contribution < -0.4 is 0 Å². The molecule has 3 aliphatic rings. The Balaban J connectivity index is 2.07. The van der Waals surface area contributed by atoms with Crippen molar-refractivity contribution < 1.29 is 19.7 Å².